The molecule has 146 valence electrons. The predicted octanol–water partition coefficient (Wildman–Crippen LogP) is 3.11. The summed E-state index contributed by atoms with van der Waals surface area (Å²) < 4.78 is 49.7. The Kier molecular flexibility index (Phi) is 7.92. The maximum Gasteiger partial charge on any atom is 0.416 e. The fraction of sp³-hybridized carbons (Fsp3) is 0.588. The van der Waals surface area contributed by atoms with Gasteiger partial charge in [0.25, 0.3) is 0 Å². The second-order valence-corrected chi connectivity index (χ2v) is 6.30. The van der Waals surface area contributed by atoms with Crippen LogP contribution in [0.1, 0.15) is 18.9 Å². The monoisotopic (exact) mass is 391 g/mol. The predicted molar refractivity (Wildman–Crippen MR) is 98.7 cm³/mol. The van der Waals surface area contributed by atoms with Gasteiger partial charge in [-0.2, -0.15) is 13.2 Å². The molecule has 1 fully saturated rings. The van der Waals surface area contributed by atoms with E-state index in [2.05, 4.69) is 15.5 Å². The van der Waals surface area contributed by atoms with Crippen LogP contribution in [0, 0.1) is 0 Å². The van der Waals surface area contributed by atoms with Gasteiger partial charge >= 0.3 is 6.18 Å². The zero-order valence-electron chi connectivity index (χ0n) is 14.7. The van der Waals surface area contributed by atoms with Crippen LogP contribution in [-0.2, 0) is 10.9 Å². The molecule has 1 saturated heterocycles. The average molecular weight is 391 g/mol. The first kappa shape index (κ1) is 20.7. The molecule has 9 heteroatoms. The number of benzene rings is 1. The Labute approximate surface area is 156 Å². The summed E-state index contributed by atoms with van der Waals surface area (Å²) in [5.74, 6) is 0.345. The molecule has 5 nitrogen and oxygen atoms in total. The van der Waals surface area contributed by atoms with Crippen molar-refractivity contribution in [3.05, 3.63) is 23.8 Å². The van der Waals surface area contributed by atoms with Crippen molar-refractivity contribution in [3.8, 4) is 5.75 Å². The van der Waals surface area contributed by atoms with Gasteiger partial charge in [-0.05, 0) is 36.8 Å². The fourth-order valence-corrected chi connectivity index (χ4v) is 2.67. The molecule has 0 unspecified atom stereocenters. The van der Waals surface area contributed by atoms with Gasteiger partial charge in [0.2, 0.25) is 0 Å². The molecular weight excluding hydrogens is 367 g/mol. The lowest BCUT2D eigenvalue weighted by Crippen LogP contribution is -2.42. The second kappa shape index (κ2) is 9.94. The van der Waals surface area contributed by atoms with E-state index < -0.39 is 11.7 Å². The standard InChI is InChI=1S/C17H24F3N3O2S/c1-2-9-25-15-4-3-13(17(18,19)20)12-14(15)22-16(26)21-5-6-23-7-10-24-11-8-23/h3-4,12H,2,5-11H2,1H3,(H2,21,22,26). The van der Waals surface area contributed by atoms with Crippen molar-refractivity contribution in [1.82, 2.24) is 10.2 Å². The topological polar surface area (TPSA) is 45.8 Å². The highest BCUT2D eigenvalue weighted by atomic mass is 32.1. The van der Waals surface area contributed by atoms with E-state index in [1.54, 1.807) is 0 Å². The van der Waals surface area contributed by atoms with Crippen molar-refractivity contribution >= 4 is 23.0 Å². The number of rotatable bonds is 7. The lowest BCUT2D eigenvalue weighted by Gasteiger charge is -2.26. The molecule has 2 N–H and O–H groups in total. The minimum absolute atomic E-state index is 0.206. The number of thiocarbonyl (C=S) groups is 1. The largest absolute Gasteiger partial charge is 0.491 e. The molecule has 0 aliphatic carbocycles. The number of hydrogen-bond acceptors (Lipinski definition) is 4. The van der Waals surface area contributed by atoms with Crippen LogP contribution in [0.5, 0.6) is 5.75 Å². The van der Waals surface area contributed by atoms with Gasteiger partial charge in [0, 0.05) is 26.2 Å². The van der Waals surface area contributed by atoms with E-state index >= 15 is 0 Å². The van der Waals surface area contributed by atoms with Crippen LogP contribution in [0.4, 0.5) is 18.9 Å². The molecule has 0 radical (unpaired) electrons. The Balaban J connectivity index is 1.94. The molecule has 1 aromatic rings. The SMILES string of the molecule is CCCOc1ccc(C(F)(F)F)cc1NC(=S)NCCN1CCOCC1. The van der Waals surface area contributed by atoms with Crippen LogP contribution >= 0.6 is 12.2 Å². The van der Waals surface area contributed by atoms with Crippen molar-refractivity contribution in [2.75, 3.05) is 51.3 Å². The molecule has 0 aromatic heterocycles. The molecule has 1 aliphatic rings. The summed E-state index contributed by atoms with van der Waals surface area (Å²) >= 11 is 5.21. The van der Waals surface area contributed by atoms with E-state index in [-0.39, 0.29) is 10.8 Å². The molecule has 26 heavy (non-hydrogen) atoms. The van der Waals surface area contributed by atoms with E-state index in [9.17, 15) is 13.2 Å². The molecule has 1 aromatic carbocycles. The zero-order chi connectivity index (χ0) is 19.0. The van der Waals surface area contributed by atoms with Gasteiger partial charge in [0.15, 0.2) is 5.11 Å². The molecule has 0 amide bonds. The van der Waals surface area contributed by atoms with Gasteiger partial charge in [0.05, 0.1) is 31.1 Å². The summed E-state index contributed by atoms with van der Waals surface area (Å²) in [6.07, 6.45) is -3.67. The fourth-order valence-electron chi connectivity index (χ4n) is 2.46. The molecule has 0 spiro atoms. The Bertz CT molecular complexity index is 593. The summed E-state index contributed by atoms with van der Waals surface area (Å²) in [5, 5.41) is 6.11. The number of morpholine rings is 1. The summed E-state index contributed by atoms with van der Waals surface area (Å²) in [6, 6.07) is 3.34. The molecule has 0 saturated carbocycles. The van der Waals surface area contributed by atoms with Crippen LogP contribution in [0.15, 0.2) is 18.2 Å². The number of halogens is 3. The normalized spacial score (nSPS) is 15.5. The zero-order valence-corrected chi connectivity index (χ0v) is 15.5. The number of ether oxygens (including phenoxy) is 2. The first-order valence-corrected chi connectivity index (χ1v) is 9.00. The number of nitrogens with one attached hydrogen (secondary N) is 2. The van der Waals surface area contributed by atoms with Gasteiger partial charge < -0.3 is 20.1 Å². The molecule has 1 aliphatic heterocycles. The number of nitrogens with zero attached hydrogens (tertiary/aromatic N) is 1. The highest BCUT2D eigenvalue weighted by Crippen LogP contribution is 2.35. The quantitative estimate of drug-likeness (QED) is 0.697. The van der Waals surface area contributed by atoms with E-state index in [1.165, 1.54) is 6.07 Å². The van der Waals surface area contributed by atoms with Crippen LogP contribution in [-0.4, -0.2) is 56.0 Å². The van der Waals surface area contributed by atoms with Crippen molar-refractivity contribution in [1.29, 1.82) is 0 Å². The van der Waals surface area contributed by atoms with Gasteiger partial charge in [-0.15, -0.1) is 0 Å². The van der Waals surface area contributed by atoms with E-state index in [4.69, 9.17) is 21.7 Å². The average Bonchev–Trinajstić information content (AvgIpc) is 2.60. The van der Waals surface area contributed by atoms with Gasteiger partial charge in [-0.25, -0.2) is 0 Å². The molecular formula is C17H24F3N3O2S. The lowest BCUT2D eigenvalue weighted by molar-refractivity contribution is -0.137. The lowest BCUT2D eigenvalue weighted by atomic mass is 10.2. The van der Waals surface area contributed by atoms with Gasteiger partial charge in [-0.3, -0.25) is 4.90 Å². The van der Waals surface area contributed by atoms with Crippen LogP contribution in [0.25, 0.3) is 0 Å². The van der Waals surface area contributed by atoms with Crippen molar-refractivity contribution in [2.24, 2.45) is 0 Å². The Morgan fingerprint density at radius 1 is 1.31 bits per heavy atom. The Morgan fingerprint density at radius 3 is 2.69 bits per heavy atom. The minimum Gasteiger partial charge on any atom is -0.491 e. The van der Waals surface area contributed by atoms with E-state index in [0.717, 1.165) is 38.2 Å². The first-order chi connectivity index (χ1) is 12.4. The number of alkyl halides is 3. The van der Waals surface area contributed by atoms with Crippen LogP contribution < -0.4 is 15.4 Å². The third-order valence-corrected chi connectivity index (χ3v) is 4.08. The summed E-state index contributed by atoms with van der Waals surface area (Å²) in [7, 11) is 0. The Morgan fingerprint density at radius 2 is 2.04 bits per heavy atom. The Hall–Kier alpha value is -1.58. The third-order valence-electron chi connectivity index (χ3n) is 3.83. The van der Waals surface area contributed by atoms with Crippen molar-refractivity contribution < 1.29 is 22.6 Å². The summed E-state index contributed by atoms with van der Waals surface area (Å²) in [6.45, 7) is 6.88. The van der Waals surface area contributed by atoms with Crippen molar-refractivity contribution in [3.63, 3.8) is 0 Å². The highest BCUT2D eigenvalue weighted by Gasteiger charge is 2.31. The smallest absolute Gasteiger partial charge is 0.416 e. The molecule has 0 bridgehead atoms. The molecule has 1 heterocycles. The number of hydrogen-bond donors (Lipinski definition) is 2. The van der Waals surface area contributed by atoms with E-state index in [1.807, 2.05) is 6.92 Å². The minimum atomic E-state index is -4.43. The summed E-state index contributed by atoms with van der Waals surface area (Å²) in [4.78, 5) is 2.24. The van der Waals surface area contributed by atoms with E-state index in [0.29, 0.717) is 32.1 Å². The van der Waals surface area contributed by atoms with Crippen LogP contribution in [0.2, 0.25) is 0 Å². The number of anilines is 1. The summed E-state index contributed by atoms with van der Waals surface area (Å²) in [5.41, 5.74) is -0.544. The van der Waals surface area contributed by atoms with Gasteiger partial charge in [0.1, 0.15) is 5.75 Å². The molecule has 0 atom stereocenters. The van der Waals surface area contributed by atoms with Crippen LogP contribution in [0.3, 0.4) is 0 Å². The first-order valence-electron chi connectivity index (χ1n) is 8.59. The molecule has 2 rings (SSSR count). The third kappa shape index (κ3) is 6.62. The second-order valence-electron chi connectivity index (χ2n) is 5.89. The van der Waals surface area contributed by atoms with Gasteiger partial charge in [-0.1, -0.05) is 6.92 Å². The maximum absolute atomic E-state index is 13.0. The maximum atomic E-state index is 13.0. The highest BCUT2D eigenvalue weighted by molar-refractivity contribution is 7.80. The van der Waals surface area contributed by atoms with Crippen molar-refractivity contribution in [2.45, 2.75) is 19.5 Å².